The lowest BCUT2D eigenvalue weighted by atomic mass is 9.96. The third-order valence-corrected chi connectivity index (χ3v) is 8.88. The summed E-state index contributed by atoms with van der Waals surface area (Å²) in [5.41, 5.74) is 2.47. The molecule has 4 aromatic rings. The van der Waals surface area contributed by atoms with Gasteiger partial charge in [-0.3, -0.25) is 4.98 Å². The van der Waals surface area contributed by atoms with Crippen molar-refractivity contribution in [1.82, 2.24) is 29.7 Å². The Morgan fingerprint density at radius 2 is 1.94 bits per heavy atom. The molecule has 1 unspecified atom stereocenters. The molecule has 7 nitrogen and oxygen atoms in total. The maximum absolute atomic E-state index is 5.20. The van der Waals surface area contributed by atoms with E-state index in [4.69, 9.17) is 15.1 Å². The van der Waals surface area contributed by atoms with Crippen molar-refractivity contribution in [3.05, 3.63) is 46.6 Å². The van der Waals surface area contributed by atoms with Crippen molar-refractivity contribution in [1.29, 1.82) is 0 Å². The highest BCUT2D eigenvalue weighted by molar-refractivity contribution is 7.19. The third-order valence-electron chi connectivity index (χ3n) is 7.69. The molecule has 0 saturated carbocycles. The largest absolute Gasteiger partial charge is 0.355 e. The molecule has 0 N–H and O–H groups in total. The topological polar surface area (TPSA) is 72.6 Å². The standard InChI is InChI=1S/C26H29N7S/c1-2-11-21-30-31-24(33(21)14-3-1)18-8-6-13-32(16-18)25-22-19-9-4-10-20(19)34-26(22)29-23(28-25)17-7-5-12-27-15-17/h5,7,12,15,18H,1-4,6,8-11,13-14,16H2. The average molecular weight is 472 g/mol. The van der Waals surface area contributed by atoms with Gasteiger partial charge in [-0.25, -0.2) is 9.97 Å². The molecule has 0 radical (unpaired) electrons. The Balaban J connectivity index is 1.30. The van der Waals surface area contributed by atoms with Crippen LogP contribution in [0.25, 0.3) is 21.6 Å². The zero-order valence-electron chi connectivity index (χ0n) is 19.4. The van der Waals surface area contributed by atoms with E-state index >= 15 is 0 Å². The van der Waals surface area contributed by atoms with Crippen molar-refractivity contribution in [2.75, 3.05) is 18.0 Å². The molecule has 174 valence electrons. The fraction of sp³-hybridized carbons (Fsp3) is 0.500. The molecule has 0 aromatic carbocycles. The fourth-order valence-electron chi connectivity index (χ4n) is 6.02. The number of hydrogen-bond acceptors (Lipinski definition) is 7. The maximum Gasteiger partial charge on any atom is 0.164 e. The summed E-state index contributed by atoms with van der Waals surface area (Å²) in [7, 11) is 0. The molecular formula is C26H29N7S. The van der Waals surface area contributed by atoms with Gasteiger partial charge in [-0.15, -0.1) is 21.5 Å². The van der Waals surface area contributed by atoms with E-state index in [1.54, 1.807) is 6.20 Å². The minimum atomic E-state index is 0.395. The average Bonchev–Trinajstić information content (AvgIpc) is 3.54. The van der Waals surface area contributed by atoms with Crippen molar-refractivity contribution >= 4 is 27.4 Å². The fourth-order valence-corrected chi connectivity index (χ4v) is 7.28. The quantitative estimate of drug-likeness (QED) is 0.421. The molecule has 1 saturated heterocycles. The number of nitrogens with zero attached hydrogens (tertiary/aromatic N) is 7. The van der Waals surface area contributed by atoms with Gasteiger partial charge in [0.1, 0.15) is 22.3 Å². The summed E-state index contributed by atoms with van der Waals surface area (Å²) >= 11 is 1.87. The van der Waals surface area contributed by atoms with Crippen LogP contribution < -0.4 is 4.90 Å². The van der Waals surface area contributed by atoms with E-state index in [1.165, 1.54) is 66.0 Å². The Hall–Kier alpha value is -2.87. The number of pyridine rings is 1. The van der Waals surface area contributed by atoms with Gasteiger partial charge in [-0.1, -0.05) is 6.42 Å². The maximum atomic E-state index is 5.20. The SMILES string of the molecule is c1cncc(-c2nc(N3CCCC(c4nnc5n4CCCCC5)C3)c3c4c(sc3n2)CCC4)c1. The Bertz CT molecular complexity index is 1340. The Kier molecular flexibility index (Phi) is 5.07. The number of fused-ring (bicyclic) bond motifs is 4. The predicted molar refractivity (Wildman–Crippen MR) is 134 cm³/mol. The lowest BCUT2D eigenvalue weighted by molar-refractivity contribution is 0.464. The van der Waals surface area contributed by atoms with Crippen LogP contribution >= 0.6 is 11.3 Å². The molecule has 7 rings (SSSR count). The molecule has 4 aromatic heterocycles. The molecule has 6 heterocycles. The number of aromatic nitrogens is 6. The van der Waals surface area contributed by atoms with Gasteiger partial charge in [0, 0.05) is 54.8 Å². The summed E-state index contributed by atoms with van der Waals surface area (Å²) in [5.74, 6) is 4.67. The van der Waals surface area contributed by atoms with Crippen LogP contribution in [0.2, 0.25) is 0 Å². The summed E-state index contributed by atoms with van der Waals surface area (Å²) in [4.78, 5) is 19.7. The zero-order chi connectivity index (χ0) is 22.5. The van der Waals surface area contributed by atoms with Crippen LogP contribution in [0.3, 0.4) is 0 Å². The van der Waals surface area contributed by atoms with E-state index in [1.807, 2.05) is 23.6 Å². The predicted octanol–water partition coefficient (Wildman–Crippen LogP) is 4.94. The smallest absolute Gasteiger partial charge is 0.164 e. The number of aryl methyl sites for hydroxylation is 3. The van der Waals surface area contributed by atoms with Crippen LogP contribution in [0.4, 0.5) is 5.82 Å². The highest BCUT2D eigenvalue weighted by Crippen LogP contribution is 2.43. The molecular weight excluding hydrogens is 442 g/mol. The number of piperidine rings is 1. The molecule has 3 aliphatic rings. The summed E-state index contributed by atoms with van der Waals surface area (Å²) in [6.07, 6.45) is 14.4. The summed E-state index contributed by atoms with van der Waals surface area (Å²) in [6.45, 7) is 3.04. The van der Waals surface area contributed by atoms with Crippen LogP contribution in [0.15, 0.2) is 24.5 Å². The van der Waals surface area contributed by atoms with E-state index in [0.29, 0.717) is 5.92 Å². The molecule has 1 aliphatic carbocycles. The zero-order valence-corrected chi connectivity index (χ0v) is 20.2. The minimum absolute atomic E-state index is 0.395. The summed E-state index contributed by atoms with van der Waals surface area (Å²) in [5, 5.41) is 10.6. The van der Waals surface area contributed by atoms with E-state index < -0.39 is 0 Å². The van der Waals surface area contributed by atoms with Gasteiger partial charge in [0.15, 0.2) is 5.82 Å². The van der Waals surface area contributed by atoms with E-state index in [-0.39, 0.29) is 0 Å². The minimum Gasteiger partial charge on any atom is -0.355 e. The van der Waals surface area contributed by atoms with Gasteiger partial charge in [0.2, 0.25) is 0 Å². The van der Waals surface area contributed by atoms with Crippen molar-refractivity contribution < 1.29 is 0 Å². The van der Waals surface area contributed by atoms with Crippen LogP contribution in [-0.2, 0) is 25.8 Å². The second-order valence-electron chi connectivity index (χ2n) is 9.87. The normalized spacial score (nSPS) is 20.4. The molecule has 1 atom stereocenters. The van der Waals surface area contributed by atoms with Gasteiger partial charge < -0.3 is 9.47 Å². The van der Waals surface area contributed by atoms with Crippen LogP contribution in [0.5, 0.6) is 0 Å². The second kappa shape index (κ2) is 8.41. The number of rotatable bonds is 3. The van der Waals surface area contributed by atoms with Crippen LogP contribution in [0.1, 0.15) is 66.5 Å². The Morgan fingerprint density at radius 1 is 0.941 bits per heavy atom. The van der Waals surface area contributed by atoms with Crippen molar-refractivity contribution in [2.45, 2.75) is 70.3 Å². The number of hydrogen-bond donors (Lipinski definition) is 0. The summed E-state index contributed by atoms with van der Waals surface area (Å²) in [6, 6.07) is 4.02. The van der Waals surface area contributed by atoms with Gasteiger partial charge in [0.25, 0.3) is 0 Å². The molecule has 1 fully saturated rings. The first-order chi connectivity index (χ1) is 16.8. The van der Waals surface area contributed by atoms with E-state index in [0.717, 1.165) is 60.9 Å². The lowest BCUT2D eigenvalue weighted by Gasteiger charge is -2.34. The van der Waals surface area contributed by atoms with Gasteiger partial charge in [-0.05, 0) is 62.6 Å². The van der Waals surface area contributed by atoms with Gasteiger partial charge >= 0.3 is 0 Å². The first-order valence-corrected chi connectivity index (χ1v) is 13.6. The second-order valence-corrected chi connectivity index (χ2v) is 11.0. The monoisotopic (exact) mass is 471 g/mol. The number of thiophene rings is 1. The van der Waals surface area contributed by atoms with E-state index in [9.17, 15) is 0 Å². The molecule has 0 bridgehead atoms. The highest BCUT2D eigenvalue weighted by Gasteiger charge is 2.31. The van der Waals surface area contributed by atoms with Crippen LogP contribution in [-0.4, -0.2) is 42.8 Å². The molecule has 34 heavy (non-hydrogen) atoms. The first kappa shape index (κ1) is 20.5. The van der Waals surface area contributed by atoms with Gasteiger partial charge in [-0.2, -0.15) is 0 Å². The van der Waals surface area contributed by atoms with E-state index in [2.05, 4.69) is 25.6 Å². The third kappa shape index (κ3) is 3.42. The van der Waals surface area contributed by atoms with Crippen LogP contribution in [0, 0.1) is 0 Å². The van der Waals surface area contributed by atoms with Crippen molar-refractivity contribution in [3.8, 4) is 11.4 Å². The molecule has 0 spiro atoms. The highest BCUT2D eigenvalue weighted by atomic mass is 32.1. The lowest BCUT2D eigenvalue weighted by Crippen LogP contribution is -2.36. The first-order valence-electron chi connectivity index (χ1n) is 12.7. The van der Waals surface area contributed by atoms with Gasteiger partial charge in [0.05, 0.1) is 5.39 Å². The molecule has 8 heteroatoms. The van der Waals surface area contributed by atoms with Crippen molar-refractivity contribution in [3.63, 3.8) is 0 Å². The molecule has 0 amide bonds. The summed E-state index contributed by atoms with van der Waals surface area (Å²) < 4.78 is 2.43. The number of anilines is 1. The Morgan fingerprint density at radius 3 is 2.88 bits per heavy atom. The Labute approximate surface area is 203 Å². The van der Waals surface area contributed by atoms with Crippen molar-refractivity contribution in [2.24, 2.45) is 0 Å². The molecule has 2 aliphatic heterocycles.